The molecule has 0 unspecified atom stereocenters. The Morgan fingerprint density at radius 3 is 2.25 bits per heavy atom. The van der Waals surface area contributed by atoms with E-state index in [1.165, 1.54) is 6.33 Å². The summed E-state index contributed by atoms with van der Waals surface area (Å²) in [6, 6.07) is 19.3. The second-order valence-electron chi connectivity index (χ2n) is 4.00. The number of nitrogens with one attached hydrogen (secondary N) is 1. The predicted molar refractivity (Wildman–Crippen MR) is 76.1 cm³/mol. The Kier molecular flexibility index (Phi) is 3.51. The molecule has 1 heterocycles. The van der Waals surface area contributed by atoms with E-state index in [9.17, 15) is 0 Å². The fraction of sp³-hybridized carbons (Fsp3) is 0. The Labute approximate surface area is 116 Å². The van der Waals surface area contributed by atoms with E-state index in [4.69, 9.17) is 4.74 Å². The van der Waals surface area contributed by atoms with E-state index in [0.717, 1.165) is 5.69 Å². The normalized spacial score (nSPS) is 10.0. The fourth-order valence-corrected chi connectivity index (χ4v) is 1.64. The maximum Gasteiger partial charge on any atom is 0.326 e. The molecule has 0 fully saturated rings. The summed E-state index contributed by atoms with van der Waals surface area (Å²) in [5, 5.41) is 3.09. The minimum absolute atomic E-state index is 0.254. The van der Waals surface area contributed by atoms with Crippen molar-refractivity contribution in [3.05, 3.63) is 67.0 Å². The van der Waals surface area contributed by atoms with Crippen LogP contribution in [0.1, 0.15) is 0 Å². The van der Waals surface area contributed by atoms with Crippen molar-refractivity contribution in [1.82, 2.24) is 15.0 Å². The first-order valence-electron chi connectivity index (χ1n) is 6.14. The topological polar surface area (TPSA) is 59.9 Å². The van der Waals surface area contributed by atoms with Gasteiger partial charge in [-0.3, -0.25) is 0 Å². The zero-order chi connectivity index (χ0) is 13.6. The first-order valence-corrected chi connectivity index (χ1v) is 6.14. The second-order valence-corrected chi connectivity index (χ2v) is 4.00. The van der Waals surface area contributed by atoms with E-state index in [2.05, 4.69) is 20.3 Å². The molecule has 0 atom stereocenters. The van der Waals surface area contributed by atoms with Gasteiger partial charge in [0.25, 0.3) is 0 Å². The number of rotatable bonds is 4. The molecule has 1 N–H and O–H groups in total. The Bertz CT molecular complexity index is 617. The highest BCUT2D eigenvalue weighted by atomic mass is 16.5. The van der Waals surface area contributed by atoms with Gasteiger partial charge in [-0.2, -0.15) is 9.97 Å². The van der Waals surface area contributed by atoms with Gasteiger partial charge in [0.15, 0.2) is 0 Å². The van der Waals surface area contributed by atoms with Crippen molar-refractivity contribution in [2.24, 2.45) is 0 Å². The van der Waals surface area contributed by atoms with Crippen molar-refractivity contribution in [3.63, 3.8) is 0 Å². The van der Waals surface area contributed by atoms with Crippen LogP contribution in [0.2, 0.25) is 0 Å². The van der Waals surface area contributed by atoms with Gasteiger partial charge >= 0.3 is 6.01 Å². The van der Waals surface area contributed by atoms with E-state index in [-0.39, 0.29) is 6.01 Å². The van der Waals surface area contributed by atoms with Gasteiger partial charge in [-0.25, -0.2) is 4.98 Å². The number of para-hydroxylation sites is 2. The lowest BCUT2D eigenvalue weighted by Gasteiger charge is -2.06. The van der Waals surface area contributed by atoms with E-state index < -0.39 is 0 Å². The van der Waals surface area contributed by atoms with Crippen LogP contribution in [0.5, 0.6) is 11.8 Å². The molecule has 98 valence electrons. The second kappa shape index (κ2) is 5.79. The van der Waals surface area contributed by atoms with Crippen LogP contribution in [0.15, 0.2) is 67.0 Å². The first kappa shape index (κ1) is 12.1. The monoisotopic (exact) mass is 264 g/mol. The molecule has 0 aliphatic heterocycles. The number of hydrogen-bond donors (Lipinski definition) is 1. The van der Waals surface area contributed by atoms with E-state index in [1.807, 2.05) is 60.7 Å². The van der Waals surface area contributed by atoms with Gasteiger partial charge in [0.05, 0.1) is 0 Å². The highest BCUT2D eigenvalue weighted by Crippen LogP contribution is 2.18. The molecular weight excluding hydrogens is 252 g/mol. The minimum atomic E-state index is 0.254. The van der Waals surface area contributed by atoms with Crippen LogP contribution in [0, 0.1) is 0 Å². The molecular formula is C15H12N4O. The molecule has 20 heavy (non-hydrogen) atoms. The zero-order valence-electron chi connectivity index (χ0n) is 10.6. The number of anilines is 2. The summed E-state index contributed by atoms with van der Waals surface area (Å²) >= 11 is 0. The molecule has 0 saturated carbocycles. The SMILES string of the molecule is c1ccc(Nc2ncnc(Oc3ccccc3)n2)cc1. The van der Waals surface area contributed by atoms with Gasteiger partial charge in [-0.1, -0.05) is 36.4 Å². The molecule has 0 spiro atoms. The third-order valence-corrected chi connectivity index (χ3v) is 2.53. The molecule has 5 nitrogen and oxygen atoms in total. The molecule has 3 aromatic rings. The number of hydrogen-bond acceptors (Lipinski definition) is 5. The summed E-state index contributed by atoms with van der Waals surface area (Å²) in [5.41, 5.74) is 0.907. The number of nitrogens with zero attached hydrogens (tertiary/aromatic N) is 3. The summed E-state index contributed by atoms with van der Waals surface area (Å²) in [4.78, 5) is 12.3. The van der Waals surface area contributed by atoms with Gasteiger partial charge in [0, 0.05) is 5.69 Å². The van der Waals surface area contributed by atoms with E-state index in [0.29, 0.717) is 11.7 Å². The van der Waals surface area contributed by atoms with Crippen LogP contribution < -0.4 is 10.1 Å². The molecule has 0 amide bonds. The number of aromatic nitrogens is 3. The Morgan fingerprint density at radius 2 is 1.50 bits per heavy atom. The van der Waals surface area contributed by atoms with Gasteiger partial charge in [-0.15, -0.1) is 0 Å². The lowest BCUT2D eigenvalue weighted by Crippen LogP contribution is -2.00. The van der Waals surface area contributed by atoms with E-state index in [1.54, 1.807) is 0 Å². The molecule has 0 radical (unpaired) electrons. The molecule has 1 aromatic heterocycles. The third kappa shape index (κ3) is 3.08. The van der Waals surface area contributed by atoms with Crippen molar-refractivity contribution in [1.29, 1.82) is 0 Å². The zero-order valence-corrected chi connectivity index (χ0v) is 10.6. The molecule has 0 aliphatic carbocycles. The van der Waals surface area contributed by atoms with Crippen LogP contribution in [-0.2, 0) is 0 Å². The van der Waals surface area contributed by atoms with Crippen LogP contribution in [0.4, 0.5) is 11.6 Å². The predicted octanol–water partition coefficient (Wildman–Crippen LogP) is 3.41. The lowest BCUT2D eigenvalue weighted by molar-refractivity contribution is 0.440. The summed E-state index contributed by atoms with van der Waals surface area (Å²) in [6.07, 6.45) is 1.41. The molecule has 0 bridgehead atoms. The molecule has 0 saturated heterocycles. The van der Waals surface area contributed by atoms with Crippen LogP contribution in [0.25, 0.3) is 0 Å². The molecule has 5 heteroatoms. The van der Waals surface area contributed by atoms with Gasteiger partial charge in [-0.05, 0) is 24.3 Å². The maximum absolute atomic E-state index is 5.55. The Balaban J connectivity index is 1.76. The molecule has 3 rings (SSSR count). The van der Waals surface area contributed by atoms with Crippen molar-refractivity contribution in [3.8, 4) is 11.8 Å². The number of benzene rings is 2. The fourth-order valence-electron chi connectivity index (χ4n) is 1.64. The summed E-state index contributed by atoms with van der Waals surface area (Å²) in [6.45, 7) is 0. The van der Waals surface area contributed by atoms with Gasteiger partial charge < -0.3 is 10.1 Å². The molecule has 2 aromatic carbocycles. The van der Waals surface area contributed by atoms with Crippen molar-refractivity contribution >= 4 is 11.6 Å². The summed E-state index contributed by atoms with van der Waals surface area (Å²) in [7, 11) is 0. The third-order valence-electron chi connectivity index (χ3n) is 2.53. The summed E-state index contributed by atoms with van der Waals surface area (Å²) in [5.74, 6) is 1.13. The van der Waals surface area contributed by atoms with Crippen molar-refractivity contribution in [2.75, 3.05) is 5.32 Å². The highest BCUT2D eigenvalue weighted by Gasteiger charge is 2.03. The number of ether oxygens (including phenoxy) is 1. The average Bonchev–Trinajstić information content (AvgIpc) is 2.50. The van der Waals surface area contributed by atoms with E-state index >= 15 is 0 Å². The Morgan fingerprint density at radius 1 is 0.800 bits per heavy atom. The lowest BCUT2D eigenvalue weighted by atomic mass is 10.3. The van der Waals surface area contributed by atoms with Crippen LogP contribution in [0.3, 0.4) is 0 Å². The summed E-state index contributed by atoms with van der Waals surface area (Å²) < 4.78 is 5.55. The highest BCUT2D eigenvalue weighted by molar-refractivity contribution is 5.52. The molecule has 0 aliphatic rings. The maximum atomic E-state index is 5.55. The van der Waals surface area contributed by atoms with Crippen molar-refractivity contribution in [2.45, 2.75) is 0 Å². The average molecular weight is 264 g/mol. The first-order chi connectivity index (χ1) is 9.90. The quantitative estimate of drug-likeness (QED) is 0.782. The largest absolute Gasteiger partial charge is 0.424 e. The van der Waals surface area contributed by atoms with Crippen LogP contribution in [-0.4, -0.2) is 15.0 Å². The van der Waals surface area contributed by atoms with Gasteiger partial charge in [0.2, 0.25) is 5.95 Å². The minimum Gasteiger partial charge on any atom is -0.424 e. The van der Waals surface area contributed by atoms with Crippen molar-refractivity contribution < 1.29 is 4.74 Å². The van der Waals surface area contributed by atoms with Crippen LogP contribution >= 0.6 is 0 Å². The Hall–Kier alpha value is -2.95. The smallest absolute Gasteiger partial charge is 0.326 e. The standard InChI is InChI=1S/C15H12N4O/c1-3-7-12(8-4-1)18-14-16-11-17-15(19-14)20-13-9-5-2-6-10-13/h1-11H,(H,16,17,18,19). The van der Waals surface area contributed by atoms with Gasteiger partial charge in [0.1, 0.15) is 12.1 Å².